The first-order valence-electron chi connectivity index (χ1n) is 22.7. The Kier molecular flexibility index (Phi) is 9.39. The first-order chi connectivity index (χ1) is 33.7. The molecule has 318 valence electrons. The van der Waals surface area contributed by atoms with Crippen molar-refractivity contribution in [3.05, 3.63) is 231 Å². The predicted octanol–water partition coefficient (Wildman–Crippen LogP) is 16.4. The normalized spacial score (nSPS) is 11.5. The summed E-state index contributed by atoms with van der Waals surface area (Å²) in [5, 5.41) is 1.89. The lowest BCUT2D eigenvalue weighted by Crippen LogP contribution is -1.97. The van der Waals surface area contributed by atoms with Crippen molar-refractivity contribution >= 4 is 44.1 Å². The van der Waals surface area contributed by atoms with Gasteiger partial charge in [-0.2, -0.15) is 0 Å². The Bertz CT molecular complexity index is 4040. The average molecular weight is 871 g/mol. The van der Waals surface area contributed by atoms with Gasteiger partial charge in [-0.1, -0.05) is 188 Å². The van der Waals surface area contributed by atoms with E-state index < -0.39 is 0 Å². The number of hydrogen-bond donors (Lipinski definition) is 0. The van der Waals surface area contributed by atoms with Crippen molar-refractivity contribution in [3.8, 4) is 89.8 Å². The van der Waals surface area contributed by atoms with E-state index in [-0.39, 0.29) is 0 Å². The van der Waals surface area contributed by atoms with Crippen molar-refractivity contribution < 1.29 is 8.83 Å². The first-order valence-corrected chi connectivity index (χ1v) is 22.7. The van der Waals surface area contributed by atoms with E-state index >= 15 is 0 Å². The van der Waals surface area contributed by atoms with Crippen LogP contribution in [0, 0.1) is 0 Å². The first kappa shape index (κ1) is 39.1. The highest BCUT2D eigenvalue weighted by Gasteiger charge is 2.23. The van der Waals surface area contributed by atoms with Gasteiger partial charge in [0.2, 0.25) is 0 Å². The third kappa shape index (κ3) is 6.82. The number of aromatic nitrogens is 4. The number of fused-ring (bicyclic) bond motifs is 6. The minimum Gasteiger partial charge on any atom is -0.452 e. The lowest BCUT2D eigenvalue weighted by atomic mass is 9.90. The van der Waals surface area contributed by atoms with Gasteiger partial charge in [-0.05, 0) is 87.0 Å². The fourth-order valence-corrected chi connectivity index (χ4v) is 9.48. The van der Waals surface area contributed by atoms with E-state index in [4.69, 9.17) is 28.8 Å². The fraction of sp³-hybridized carbons (Fsp3) is 0. The average Bonchev–Trinajstić information content (AvgIpc) is 4.00. The SMILES string of the molecule is c1ccc(-c2cccc(-c3nc(-c4cccc(-c5ccccc5-c5ccccc5-c5nc(-c6cccc(-c7ccccc7)c6)c6oc7ccccc7c6n5)c4)c4oc5ccccc5c4n3)c2)cc1. The lowest BCUT2D eigenvalue weighted by molar-refractivity contribution is 0.667. The molecule has 13 rings (SSSR count). The van der Waals surface area contributed by atoms with Gasteiger partial charge in [0.05, 0.1) is 0 Å². The summed E-state index contributed by atoms with van der Waals surface area (Å²) < 4.78 is 13.2. The summed E-state index contributed by atoms with van der Waals surface area (Å²) >= 11 is 0. The van der Waals surface area contributed by atoms with E-state index in [1.807, 2.05) is 48.5 Å². The van der Waals surface area contributed by atoms with Gasteiger partial charge in [-0.3, -0.25) is 0 Å². The molecule has 0 spiro atoms. The van der Waals surface area contributed by atoms with E-state index in [1.54, 1.807) is 0 Å². The van der Waals surface area contributed by atoms with Crippen LogP contribution in [0.4, 0.5) is 0 Å². The smallest absolute Gasteiger partial charge is 0.180 e. The molecule has 0 atom stereocenters. The van der Waals surface area contributed by atoms with Crippen molar-refractivity contribution in [3.63, 3.8) is 0 Å². The van der Waals surface area contributed by atoms with Crippen LogP contribution < -0.4 is 0 Å². The molecule has 68 heavy (non-hydrogen) atoms. The molecule has 0 fully saturated rings. The zero-order valence-electron chi connectivity index (χ0n) is 36.5. The van der Waals surface area contributed by atoms with Gasteiger partial charge in [-0.15, -0.1) is 0 Å². The summed E-state index contributed by atoms with van der Waals surface area (Å²) in [5.74, 6) is 1.24. The third-order valence-electron chi connectivity index (χ3n) is 12.7. The summed E-state index contributed by atoms with van der Waals surface area (Å²) in [5.41, 5.74) is 18.1. The van der Waals surface area contributed by atoms with Crippen molar-refractivity contribution in [2.45, 2.75) is 0 Å². The van der Waals surface area contributed by atoms with Crippen LogP contribution in [0.25, 0.3) is 134 Å². The number of rotatable bonds is 8. The second-order valence-electron chi connectivity index (χ2n) is 16.9. The minimum absolute atomic E-state index is 0.612. The van der Waals surface area contributed by atoms with Gasteiger partial charge in [0.1, 0.15) is 33.6 Å². The molecule has 9 aromatic carbocycles. The Morgan fingerprint density at radius 2 is 0.632 bits per heavy atom. The number of furan rings is 2. The summed E-state index contributed by atoms with van der Waals surface area (Å²) in [6.45, 7) is 0. The highest BCUT2D eigenvalue weighted by atomic mass is 16.3. The zero-order chi connectivity index (χ0) is 45.0. The number of benzene rings is 9. The Morgan fingerprint density at radius 3 is 1.22 bits per heavy atom. The van der Waals surface area contributed by atoms with E-state index in [1.165, 1.54) is 0 Å². The molecule has 0 aliphatic carbocycles. The van der Waals surface area contributed by atoms with E-state index in [0.717, 1.165) is 111 Å². The molecular formula is C62H38N4O2. The molecule has 0 aliphatic rings. The number of nitrogens with zero attached hydrogens (tertiary/aromatic N) is 4. The molecule has 0 bridgehead atoms. The molecule has 13 aromatic rings. The van der Waals surface area contributed by atoms with Crippen LogP contribution in [0.5, 0.6) is 0 Å². The van der Waals surface area contributed by atoms with E-state index in [9.17, 15) is 0 Å². The summed E-state index contributed by atoms with van der Waals surface area (Å²) in [6.07, 6.45) is 0. The number of hydrogen-bond acceptors (Lipinski definition) is 6. The Hall–Kier alpha value is -9.26. The molecule has 4 heterocycles. The molecule has 4 aromatic heterocycles. The van der Waals surface area contributed by atoms with Gasteiger partial charge < -0.3 is 8.83 Å². The van der Waals surface area contributed by atoms with E-state index in [0.29, 0.717) is 22.8 Å². The molecule has 0 saturated carbocycles. The number of para-hydroxylation sites is 2. The van der Waals surface area contributed by atoms with Crippen LogP contribution in [0.15, 0.2) is 239 Å². The highest BCUT2D eigenvalue weighted by molar-refractivity contribution is 6.09. The minimum atomic E-state index is 0.612. The topological polar surface area (TPSA) is 77.8 Å². The van der Waals surface area contributed by atoms with Crippen molar-refractivity contribution in [1.29, 1.82) is 0 Å². The maximum atomic E-state index is 6.60. The Labute approximate surface area is 391 Å². The third-order valence-corrected chi connectivity index (χ3v) is 12.7. The molecule has 0 radical (unpaired) electrons. The van der Waals surface area contributed by atoms with E-state index in [2.05, 4.69) is 182 Å². The molecular weight excluding hydrogens is 833 g/mol. The second-order valence-corrected chi connectivity index (χ2v) is 16.9. The van der Waals surface area contributed by atoms with Gasteiger partial charge >= 0.3 is 0 Å². The van der Waals surface area contributed by atoms with Crippen LogP contribution in [0.1, 0.15) is 0 Å². The van der Waals surface area contributed by atoms with Crippen LogP contribution in [0.3, 0.4) is 0 Å². The molecule has 0 saturated heterocycles. The van der Waals surface area contributed by atoms with Crippen LogP contribution in [-0.2, 0) is 0 Å². The van der Waals surface area contributed by atoms with Gasteiger partial charge in [-0.25, -0.2) is 19.9 Å². The maximum absolute atomic E-state index is 6.60. The predicted molar refractivity (Wildman–Crippen MR) is 276 cm³/mol. The second kappa shape index (κ2) is 16.3. The zero-order valence-corrected chi connectivity index (χ0v) is 36.5. The monoisotopic (exact) mass is 870 g/mol. The van der Waals surface area contributed by atoms with Crippen LogP contribution in [0.2, 0.25) is 0 Å². The molecule has 0 N–H and O–H groups in total. The fourth-order valence-electron chi connectivity index (χ4n) is 9.48. The molecule has 0 unspecified atom stereocenters. The molecule has 0 amide bonds. The lowest BCUT2D eigenvalue weighted by Gasteiger charge is -2.15. The Morgan fingerprint density at radius 1 is 0.250 bits per heavy atom. The maximum Gasteiger partial charge on any atom is 0.180 e. The highest BCUT2D eigenvalue weighted by Crippen LogP contribution is 2.43. The van der Waals surface area contributed by atoms with Crippen molar-refractivity contribution in [2.24, 2.45) is 0 Å². The van der Waals surface area contributed by atoms with Crippen molar-refractivity contribution in [1.82, 2.24) is 19.9 Å². The molecule has 0 aliphatic heterocycles. The molecule has 6 nitrogen and oxygen atoms in total. The summed E-state index contributed by atoms with van der Waals surface area (Å²) in [6, 6.07) is 79.4. The van der Waals surface area contributed by atoms with Crippen LogP contribution >= 0.6 is 0 Å². The van der Waals surface area contributed by atoms with Gasteiger partial charge in [0, 0.05) is 33.0 Å². The quantitative estimate of drug-likeness (QED) is 0.151. The summed E-state index contributed by atoms with van der Waals surface area (Å²) in [7, 11) is 0. The van der Waals surface area contributed by atoms with Gasteiger partial charge in [0.25, 0.3) is 0 Å². The largest absolute Gasteiger partial charge is 0.452 e. The standard InChI is InChI=1S/C62H38N4O2/c1-3-18-39(19-4-1)41-22-15-25-44(36-41)56-60-58(52-33-12-14-35-54(52)68-60)66-62(64-56)50-31-10-9-30-49(50)48-29-8-7-28-47(48)43-24-17-26-45(38-43)55-59-57(51-32-11-13-34-53(51)67-59)65-61(63-55)46-27-16-23-42(37-46)40-20-5-2-6-21-40/h1-38H. The molecule has 6 heteroatoms. The van der Waals surface area contributed by atoms with Crippen LogP contribution in [-0.4, -0.2) is 19.9 Å². The van der Waals surface area contributed by atoms with Crippen molar-refractivity contribution in [2.75, 3.05) is 0 Å². The summed E-state index contributed by atoms with van der Waals surface area (Å²) in [4.78, 5) is 21.2. The Balaban J connectivity index is 0.958. The van der Waals surface area contributed by atoms with Gasteiger partial charge in [0.15, 0.2) is 22.8 Å².